The van der Waals surface area contributed by atoms with E-state index in [-0.39, 0.29) is 31.0 Å². The van der Waals surface area contributed by atoms with Gasteiger partial charge in [0.15, 0.2) is 5.76 Å². The first-order chi connectivity index (χ1) is 16.6. The Labute approximate surface area is 210 Å². The number of ether oxygens (including phenoxy) is 2. The molecule has 36 heavy (non-hydrogen) atoms. The van der Waals surface area contributed by atoms with Crippen LogP contribution in [0.3, 0.4) is 0 Å². The fourth-order valence-electron chi connectivity index (χ4n) is 3.13. The van der Waals surface area contributed by atoms with Gasteiger partial charge in [-0.05, 0) is 79.0 Å². The van der Waals surface area contributed by atoms with E-state index in [1.807, 2.05) is 0 Å². The fraction of sp³-hybridized carbons (Fsp3) is 0.538. The maximum atomic E-state index is 12.8. The number of carbonyl (C=O) groups excluding carboxylic acids is 3. The maximum absolute atomic E-state index is 12.8. The van der Waals surface area contributed by atoms with E-state index >= 15 is 0 Å². The summed E-state index contributed by atoms with van der Waals surface area (Å²) in [5.41, 5.74) is 2.19. The van der Waals surface area contributed by atoms with Crippen molar-refractivity contribution in [3.8, 4) is 0 Å². The normalized spacial score (nSPS) is 12.6. The van der Waals surface area contributed by atoms with E-state index in [4.69, 9.17) is 23.1 Å². The topological polar surface area (TPSA) is 134 Å². The lowest BCUT2D eigenvalue weighted by atomic mass is 9.94. The molecule has 1 amide bonds. The first-order valence-electron chi connectivity index (χ1n) is 11.7. The molecule has 1 N–H and O–H groups in total. The minimum Gasteiger partial charge on any atom is -0.460 e. The number of nitrogens with one attached hydrogen (secondary N) is 1. The summed E-state index contributed by atoms with van der Waals surface area (Å²) in [5.74, 6) is -2.33. The quantitative estimate of drug-likeness (QED) is 0.375. The number of hydrogen-bond acceptors (Lipinski definition) is 9. The predicted octanol–water partition coefficient (Wildman–Crippen LogP) is 4.03. The fourth-order valence-corrected chi connectivity index (χ4v) is 3.13. The monoisotopic (exact) mass is 505 g/mol. The number of benzene rings is 1. The Morgan fingerprint density at radius 2 is 1.56 bits per heavy atom. The van der Waals surface area contributed by atoms with Gasteiger partial charge in [-0.15, -0.1) is 0 Å². The molecule has 0 radical (unpaired) electrons. The van der Waals surface area contributed by atoms with Crippen LogP contribution in [-0.4, -0.2) is 29.0 Å². The number of rotatable bonds is 10. The molecule has 0 saturated heterocycles. The zero-order chi connectivity index (χ0) is 27.1. The average molecular weight is 506 g/mol. The SMILES string of the molecule is Cc1oc(=O)oc1CONC(=O)CCC(Cc1ccc(C(=O)OC(C)(C)C)cc1)C(=O)OC(C)(C)C. The second-order valence-electron chi connectivity index (χ2n) is 10.4. The van der Waals surface area contributed by atoms with Gasteiger partial charge in [-0.3, -0.25) is 14.4 Å². The van der Waals surface area contributed by atoms with Crippen LogP contribution in [0.2, 0.25) is 0 Å². The third-order valence-corrected chi connectivity index (χ3v) is 4.76. The summed E-state index contributed by atoms with van der Waals surface area (Å²) in [4.78, 5) is 53.5. The van der Waals surface area contributed by atoms with Gasteiger partial charge in [-0.1, -0.05) is 12.1 Å². The molecule has 2 rings (SSSR count). The first-order valence-corrected chi connectivity index (χ1v) is 11.7. The zero-order valence-corrected chi connectivity index (χ0v) is 21.9. The van der Waals surface area contributed by atoms with E-state index in [0.29, 0.717) is 12.0 Å². The predicted molar refractivity (Wildman–Crippen MR) is 129 cm³/mol. The minimum atomic E-state index is -0.850. The van der Waals surface area contributed by atoms with Crippen molar-refractivity contribution < 1.29 is 37.5 Å². The largest absolute Gasteiger partial charge is 0.519 e. The first kappa shape index (κ1) is 28.8. The molecule has 0 spiro atoms. The van der Waals surface area contributed by atoms with Crippen molar-refractivity contribution in [3.05, 3.63) is 57.5 Å². The Balaban J connectivity index is 1.98. The highest BCUT2D eigenvalue weighted by Gasteiger charge is 2.26. The molecule has 0 aliphatic carbocycles. The molecule has 10 heteroatoms. The third-order valence-electron chi connectivity index (χ3n) is 4.76. The van der Waals surface area contributed by atoms with Crippen LogP contribution in [0.15, 0.2) is 37.9 Å². The highest BCUT2D eigenvalue weighted by atomic mass is 16.7. The molecule has 1 aromatic carbocycles. The molecular formula is C26H35NO9. The highest BCUT2D eigenvalue weighted by molar-refractivity contribution is 5.89. The van der Waals surface area contributed by atoms with Crippen molar-refractivity contribution in [3.63, 3.8) is 0 Å². The van der Waals surface area contributed by atoms with Gasteiger partial charge in [0.2, 0.25) is 5.91 Å². The van der Waals surface area contributed by atoms with Gasteiger partial charge in [-0.2, -0.15) is 0 Å². The Morgan fingerprint density at radius 3 is 2.08 bits per heavy atom. The number of aryl methyl sites for hydroxylation is 1. The Bertz CT molecular complexity index is 1100. The lowest BCUT2D eigenvalue weighted by Gasteiger charge is -2.24. The zero-order valence-electron chi connectivity index (χ0n) is 21.9. The molecule has 10 nitrogen and oxygen atoms in total. The minimum absolute atomic E-state index is 0.00573. The third kappa shape index (κ3) is 10.1. The summed E-state index contributed by atoms with van der Waals surface area (Å²) < 4.78 is 20.4. The summed E-state index contributed by atoms with van der Waals surface area (Å²) in [6, 6.07) is 6.79. The molecule has 198 valence electrons. The molecule has 0 bridgehead atoms. The van der Waals surface area contributed by atoms with E-state index in [1.54, 1.807) is 65.8 Å². The van der Waals surface area contributed by atoms with Crippen molar-refractivity contribution in [1.29, 1.82) is 0 Å². The summed E-state index contributed by atoms with van der Waals surface area (Å²) in [6.07, 6.45) is 0.517. The molecule has 1 unspecified atom stereocenters. The molecule has 0 aliphatic rings. The van der Waals surface area contributed by atoms with Gasteiger partial charge in [0, 0.05) is 6.42 Å². The Hall–Kier alpha value is -3.40. The van der Waals surface area contributed by atoms with E-state index in [2.05, 4.69) is 5.48 Å². The molecular weight excluding hydrogens is 470 g/mol. The smallest absolute Gasteiger partial charge is 0.460 e. The average Bonchev–Trinajstić information content (AvgIpc) is 3.05. The van der Waals surface area contributed by atoms with Crippen LogP contribution in [0, 0.1) is 12.8 Å². The summed E-state index contributed by atoms with van der Waals surface area (Å²) in [5, 5.41) is 0. The number of hydrogen-bond donors (Lipinski definition) is 1. The van der Waals surface area contributed by atoms with Crippen LogP contribution < -0.4 is 11.3 Å². The van der Waals surface area contributed by atoms with Crippen LogP contribution in [0.4, 0.5) is 0 Å². The highest BCUT2D eigenvalue weighted by Crippen LogP contribution is 2.21. The molecule has 1 atom stereocenters. The lowest BCUT2D eigenvalue weighted by molar-refractivity contribution is -0.160. The molecule has 1 heterocycles. The number of amides is 1. The number of carbonyl (C=O) groups is 3. The van der Waals surface area contributed by atoms with E-state index < -0.39 is 40.8 Å². The molecule has 0 saturated carbocycles. The summed E-state index contributed by atoms with van der Waals surface area (Å²) in [6.45, 7) is 12.1. The second kappa shape index (κ2) is 12.0. The molecule has 0 aliphatic heterocycles. The van der Waals surface area contributed by atoms with Crippen molar-refractivity contribution in [1.82, 2.24) is 5.48 Å². The van der Waals surface area contributed by atoms with E-state index in [9.17, 15) is 19.2 Å². The van der Waals surface area contributed by atoms with Gasteiger partial charge >= 0.3 is 17.8 Å². The van der Waals surface area contributed by atoms with Crippen LogP contribution in [0.5, 0.6) is 0 Å². The Morgan fingerprint density at radius 1 is 0.944 bits per heavy atom. The van der Waals surface area contributed by atoms with Gasteiger partial charge in [0.1, 0.15) is 23.6 Å². The van der Waals surface area contributed by atoms with Gasteiger partial charge in [-0.25, -0.2) is 15.1 Å². The van der Waals surface area contributed by atoms with Crippen molar-refractivity contribution in [2.24, 2.45) is 5.92 Å². The van der Waals surface area contributed by atoms with Crippen LogP contribution >= 0.6 is 0 Å². The standard InChI is InChI=1S/C26H35NO9/c1-16-20(34-24(31)33-16)15-32-27-21(28)13-12-19(23(30)36-26(5,6)7)14-17-8-10-18(11-9-17)22(29)35-25(2,3)4/h8-11,19H,12-15H2,1-7H3,(H,27,28). The Kier molecular flexibility index (Phi) is 9.63. The van der Waals surface area contributed by atoms with Gasteiger partial charge in [0.25, 0.3) is 0 Å². The molecule has 0 fully saturated rings. The van der Waals surface area contributed by atoms with Crippen LogP contribution in [0.25, 0.3) is 0 Å². The van der Waals surface area contributed by atoms with E-state index in [0.717, 1.165) is 5.56 Å². The number of hydroxylamine groups is 1. The second-order valence-corrected chi connectivity index (χ2v) is 10.4. The summed E-state index contributed by atoms with van der Waals surface area (Å²) in [7, 11) is 0. The van der Waals surface area contributed by atoms with Crippen molar-refractivity contribution >= 4 is 17.8 Å². The lowest BCUT2D eigenvalue weighted by Crippen LogP contribution is -2.31. The van der Waals surface area contributed by atoms with Crippen molar-refractivity contribution in [2.75, 3.05) is 0 Å². The van der Waals surface area contributed by atoms with Gasteiger partial charge in [0.05, 0.1) is 11.5 Å². The summed E-state index contributed by atoms with van der Waals surface area (Å²) >= 11 is 0. The molecule has 1 aromatic heterocycles. The van der Waals surface area contributed by atoms with Gasteiger partial charge < -0.3 is 18.3 Å². The molecule has 2 aromatic rings. The van der Waals surface area contributed by atoms with Crippen molar-refractivity contribution in [2.45, 2.75) is 85.5 Å². The number of esters is 2. The van der Waals surface area contributed by atoms with Crippen LogP contribution in [-0.2, 0) is 36.9 Å². The van der Waals surface area contributed by atoms with E-state index in [1.165, 1.54) is 6.92 Å². The van der Waals surface area contributed by atoms with Crippen LogP contribution in [0.1, 0.15) is 81.8 Å². The maximum Gasteiger partial charge on any atom is 0.519 e.